The van der Waals surface area contributed by atoms with Crippen molar-refractivity contribution in [3.63, 3.8) is 0 Å². The predicted molar refractivity (Wildman–Crippen MR) is 118 cm³/mol. The Balaban J connectivity index is 1.32. The van der Waals surface area contributed by atoms with Crippen LogP contribution in [0, 0.1) is 6.92 Å². The summed E-state index contributed by atoms with van der Waals surface area (Å²) in [5.74, 6) is 0.482. The molecule has 0 atom stereocenters. The maximum atomic E-state index is 12.7. The number of benzene rings is 1. The second kappa shape index (κ2) is 7.68. The molecular weight excluding hydrogens is 444 g/mol. The van der Waals surface area contributed by atoms with Crippen molar-refractivity contribution in [1.29, 1.82) is 0 Å². The maximum absolute atomic E-state index is 12.7. The van der Waals surface area contributed by atoms with Crippen molar-refractivity contribution in [3.05, 3.63) is 70.2 Å². The topological polar surface area (TPSA) is 77.6 Å². The number of amides is 1. The van der Waals surface area contributed by atoms with Gasteiger partial charge in [-0.2, -0.15) is 10.2 Å². The largest absolute Gasteiger partial charge is 0.324 e. The number of rotatable bonds is 6. The monoisotopic (exact) mass is 464 g/mol. The zero-order chi connectivity index (χ0) is 20.7. The van der Waals surface area contributed by atoms with Crippen LogP contribution in [0.2, 0.25) is 0 Å². The third-order valence-electron chi connectivity index (χ3n) is 5.31. The summed E-state index contributed by atoms with van der Waals surface area (Å²) < 4.78 is 4.48. The van der Waals surface area contributed by atoms with Gasteiger partial charge in [0.25, 0.3) is 0 Å². The Hall–Kier alpha value is -3.00. The quantitative estimate of drug-likeness (QED) is 0.462. The molecule has 152 valence electrons. The lowest BCUT2D eigenvalue weighted by atomic mass is 10.1. The van der Waals surface area contributed by atoms with Crippen LogP contribution in [-0.4, -0.2) is 30.5 Å². The number of nitrogens with zero attached hydrogens (tertiary/aromatic N) is 5. The molecule has 5 rings (SSSR count). The third-order valence-corrected chi connectivity index (χ3v) is 5.72. The molecular formula is C22H21BrN6O. The summed E-state index contributed by atoms with van der Waals surface area (Å²) in [6.07, 6.45) is 7.93. The Morgan fingerprint density at radius 2 is 2.17 bits per heavy atom. The van der Waals surface area contributed by atoms with E-state index >= 15 is 0 Å². The van der Waals surface area contributed by atoms with Gasteiger partial charge in [0.2, 0.25) is 5.91 Å². The number of hydrogen-bond donors (Lipinski definition) is 1. The Bertz CT molecular complexity index is 1240. The first kappa shape index (κ1) is 19.0. The highest BCUT2D eigenvalue weighted by Gasteiger charge is 2.27. The van der Waals surface area contributed by atoms with E-state index in [1.165, 1.54) is 18.4 Å². The van der Waals surface area contributed by atoms with E-state index in [2.05, 4.69) is 42.5 Å². The Kier molecular flexibility index (Phi) is 4.86. The summed E-state index contributed by atoms with van der Waals surface area (Å²) in [6, 6.07) is 9.88. The molecule has 3 aromatic heterocycles. The van der Waals surface area contributed by atoms with Crippen molar-refractivity contribution in [2.45, 2.75) is 38.8 Å². The second-order valence-corrected chi connectivity index (χ2v) is 8.64. The summed E-state index contributed by atoms with van der Waals surface area (Å²) in [4.78, 5) is 17.2. The van der Waals surface area contributed by atoms with Crippen LogP contribution in [-0.2, 0) is 17.9 Å². The lowest BCUT2D eigenvalue weighted by Gasteiger charge is -2.08. The molecule has 1 aliphatic rings. The first-order valence-corrected chi connectivity index (χ1v) is 10.7. The molecule has 1 aliphatic carbocycles. The van der Waals surface area contributed by atoms with E-state index in [4.69, 9.17) is 0 Å². The van der Waals surface area contributed by atoms with Gasteiger partial charge in [-0.3, -0.25) is 9.48 Å². The van der Waals surface area contributed by atoms with Crippen LogP contribution < -0.4 is 5.32 Å². The van der Waals surface area contributed by atoms with Crippen LogP contribution in [0.5, 0.6) is 0 Å². The molecule has 0 radical (unpaired) electrons. The van der Waals surface area contributed by atoms with E-state index < -0.39 is 0 Å². The number of hydrogen-bond acceptors (Lipinski definition) is 4. The van der Waals surface area contributed by atoms with Crippen molar-refractivity contribution in [2.24, 2.45) is 0 Å². The molecule has 0 unspecified atom stereocenters. The van der Waals surface area contributed by atoms with Crippen molar-refractivity contribution < 1.29 is 4.79 Å². The van der Waals surface area contributed by atoms with Gasteiger partial charge in [0.1, 0.15) is 6.54 Å². The molecule has 7 nitrogen and oxygen atoms in total. The molecule has 3 heterocycles. The zero-order valence-corrected chi connectivity index (χ0v) is 18.1. The normalized spacial score (nSPS) is 13.7. The minimum atomic E-state index is -0.128. The van der Waals surface area contributed by atoms with E-state index in [0.29, 0.717) is 12.5 Å². The molecule has 4 aromatic rings. The van der Waals surface area contributed by atoms with Crippen LogP contribution in [0.4, 0.5) is 5.69 Å². The van der Waals surface area contributed by atoms with Crippen LogP contribution >= 0.6 is 15.9 Å². The molecule has 1 fully saturated rings. The predicted octanol–water partition coefficient (Wildman–Crippen LogP) is 4.26. The summed E-state index contributed by atoms with van der Waals surface area (Å²) in [5, 5.41) is 12.9. The summed E-state index contributed by atoms with van der Waals surface area (Å²) in [7, 11) is 0. The highest BCUT2D eigenvalue weighted by atomic mass is 79.9. The molecule has 0 bridgehead atoms. The lowest BCUT2D eigenvalue weighted by molar-refractivity contribution is -0.116. The van der Waals surface area contributed by atoms with Crippen LogP contribution in [0.25, 0.3) is 11.0 Å². The summed E-state index contributed by atoms with van der Waals surface area (Å²) in [6.45, 7) is 2.75. The van der Waals surface area contributed by atoms with Crippen molar-refractivity contribution >= 4 is 38.6 Å². The number of anilines is 1. The van der Waals surface area contributed by atoms with E-state index in [-0.39, 0.29) is 12.5 Å². The van der Waals surface area contributed by atoms with Gasteiger partial charge in [0.05, 0.1) is 22.9 Å². The van der Waals surface area contributed by atoms with Crippen molar-refractivity contribution in [2.75, 3.05) is 5.32 Å². The molecule has 0 saturated heterocycles. The second-order valence-electron chi connectivity index (χ2n) is 7.72. The smallest absolute Gasteiger partial charge is 0.246 e. The molecule has 8 heteroatoms. The average molecular weight is 465 g/mol. The van der Waals surface area contributed by atoms with Gasteiger partial charge in [-0.05, 0) is 70.9 Å². The highest BCUT2D eigenvalue weighted by Crippen LogP contribution is 2.43. The lowest BCUT2D eigenvalue weighted by Crippen LogP contribution is -2.20. The average Bonchev–Trinajstić information content (AvgIpc) is 3.42. The van der Waals surface area contributed by atoms with E-state index in [0.717, 1.165) is 32.5 Å². The highest BCUT2D eigenvalue weighted by molar-refractivity contribution is 9.10. The number of aromatic nitrogens is 5. The van der Waals surface area contributed by atoms with Gasteiger partial charge < -0.3 is 5.32 Å². The molecule has 0 aliphatic heterocycles. The first-order chi connectivity index (χ1) is 14.6. The molecule has 1 aromatic carbocycles. The van der Waals surface area contributed by atoms with Gasteiger partial charge in [-0.25, -0.2) is 9.67 Å². The van der Waals surface area contributed by atoms with E-state index in [1.807, 2.05) is 48.3 Å². The minimum absolute atomic E-state index is 0.127. The third kappa shape index (κ3) is 3.87. The van der Waals surface area contributed by atoms with Crippen molar-refractivity contribution in [3.8, 4) is 0 Å². The molecule has 30 heavy (non-hydrogen) atoms. The number of fused-ring (bicyclic) bond motifs is 1. The summed E-state index contributed by atoms with van der Waals surface area (Å²) >= 11 is 3.41. The SMILES string of the molecule is Cc1nn(CC(=O)Nc2cccc(Cn3cc(Br)cn3)c2)c2nccc(C3CC3)c12. The van der Waals surface area contributed by atoms with Crippen LogP contribution in [0.3, 0.4) is 0 Å². The fraction of sp³-hybridized carbons (Fsp3) is 0.273. The fourth-order valence-electron chi connectivity index (χ4n) is 3.85. The van der Waals surface area contributed by atoms with Crippen LogP contribution in [0.1, 0.15) is 35.6 Å². The number of pyridine rings is 1. The van der Waals surface area contributed by atoms with E-state index in [1.54, 1.807) is 10.9 Å². The van der Waals surface area contributed by atoms with Gasteiger partial charge in [-0.1, -0.05) is 12.1 Å². The molecule has 1 saturated carbocycles. The maximum Gasteiger partial charge on any atom is 0.246 e. The molecule has 1 N–H and O–H groups in total. The zero-order valence-electron chi connectivity index (χ0n) is 16.5. The number of aryl methyl sites for hydroxylation is 1. The minimum Gasteiger partial charge on any atom is -0.324 e. The number of halogens is 1. The Labute approximate surface area is 182 Å². The van der Waals surface area contributed by atoms with Crippen LogP contribution in [0.15, 0.2) is 53.4 Å². The fourth-order valence-corrected chi connectivity index (χ4v) is 4.18. The number of carbonyl (C=O) groups excluding carboxylic acids is 1. The Morgan fingerprint density at radius 1 is 1.30 bits per heavy atom. The number of nitrogens with one attached hydrogen (secondary N) is 1. The molecule has 1 amide bonds. The van der Waals surface area contributed by atoms with Gasteiger partial charge in [0, 0.05) is 23.5 Å². The summed E-state index contributed by atoms with van der Waals surface area (Å²) in [5.41, 5.74) is 4.83. The Morgan fingerprint density at radius 3 is 2.93 bits per heavy atom. The van der Waals surface area contributed by atoms with Gasteiger partial charge >= 0.3 is 0 Å². The van der Waals surface area contributed by atoms with Crippen molar-refractivity contribution in [1.82, 2.24) is 24.5 Å². The number of carbonyl (C=O) groups is 1. The standard InChI is InChI=1S/C22H21BrN6O/c1-14-21-19(16-5-6-16)7-8-24-22(21)29(27-14)13-20(30)26-18-4-2-3-15(9-18)11-28-12-17(23)10-25-28/h2-4,7-10,12,16H,5-6,11,13H2,1H3,(H,26,30). The van der Waals surface area contributed by atoms with Gasteiger partial charge in [-0.15, -0.1) is 0 Å². The van der Waals surface area contributed by atoms with E-state index in [9.17, 15) is 4.79 Å². The van der Waals surface area contributed by atoms with Gasteiger partial charge in [0.15, 0.2) is 5.65 Å². The first-order valence-electron chi connectivity index (χ1n) is 9.95. The molecule has 0 spiro atoms.